The first-order valence-electron chi connectivity index (χ1n) is 11.5. The molecule has 184 valence electrons. The summed E-state index contributed by atoms with van der Waals surface area (Å²) in [7, 11) is 0. The Morgan fingerprint density at radius 2 is 1.80 bits per heavy atom. The minimum Gasteiger partial charge on any atom is -0.339 e. The van der Waals surface area contributed by atoms with E-state index in [1.165, 1.54) is 11.3 Å². The third kappa shape index (κ3) is 6.52. The standard InChI is InChI=1S/C25H27Cl2N5O2S/c1-2-31-11-13-32(14-12-31)24(34)20(15-17-7-4-3-5-8-17)28-23(33)21-16-35-25(30-21)29-19-10-6-9-18(26)22(19)27/h3-10,16,20H,2,11-15H2,1H3,(H,28,33)(H,29,30)/t20-/m0/s1. The largest absolute Gasteiger partial charge is 0.339 e. The summed E-state index contributed by atoms with van der Waals surface area (Å²) in [5.41, 5.74) is 1.82. The van der Waals surface area contributed by atoms with Crippen LogP contribution in [0.25, 0.3) is 0 Å². The molecule has 2 N–H and O–H groups in total. The fraction of sp³-hybridized carbons (Fsp3) is 0.320. The molecule has 0 bridgehead atoms. The van der Waals surface area contributed by atoms with Crippen molar-refractivity contribution in [2.75, 3.05) is 38.0 Å². The molecule has 2 heterocycles. The highest BCUT2D eigenvalue weighted by molar-refractivity contribution is 7.14. The number of piperazine rings is 1. The zero-order chi connectivity index (χ0) is 24.8. The third-order valence-corrected chi connectivity index (χ3v) is 7.52. The van der Waals surface area contributed by atoms with Gasteiger partial charge in [0.25, 0.3) is 5.91 Å². The first kappa shape index (κ1) is 25.4. The van der Waals surface area contributed by atoms with Crippen molar-refractivity contribution < 1.29 is 9.59 Å². The molecule has 1 fully saturated rings. The average Bonchev–Trinajstić information content (AvgIpc) is 3.35. The van der Waals surface area contributed by atoms with Crippen LogP contribution in [0.4, 0.5) is 10.8 Å². The number of benzene rings is 2. The molecule has 4 rings (SSSR count). The molecule has 0 spiro atoms. The molecule has 1 atom stereocenters. The lowest BCUT2D eigenvalue weighted by molar-refractivity contribution is -0.135. The van der Waals surface area contributed by atoms with Crippen LogP contribution in [0.15, 0.2) is 53.9 Å². The molecule has 10 heteroatoms. The van der Waals surface area contributed by atoms with Crippen LogP contribution in [0.2, 0.25) is 10.0 Å². The van der Waals surface area contributed by atoms with Crippen LogP contribution in [-0.4, -0.2) is 65.4 Å². The Morgan fingerprint density at radius 1 is 1.06 bits per heavy atom. The number of amides is 2. The lowest BCUT2D eigenvalue weighted by Crippen LogP contribution is -2.55. The number of anilines is 2. The van der Waals surface area contributed by atoms with Crippen molar-refractivity contribution >= 4 is 57.2 Å². The average molecular weight is 532 g/mol. The Balaban J connectivity index is 1.47. The summed E-state index contributed by atoms with van der Waals surface area (Å²) in [6.07, 6.45) is 0.409. The fourth-order valence-electron chi connectivity index (χ4n) is 3.94. The summed E-state index contributed by atoms with van der Waals surface area (Å²) >= 11 is 13.6. The molecule has 0 radical (unpaired) electrons. The zero-order valence-corrected chi connectivity index (χ0v) is 21.7. The lowest BCUT2D eigenvalue weighted by Gasteiger charge is -2.36. The number of likely N-dealkylation sites (N-methyl/N-ethyl adjacent to an activating group) is 1. The predicted octanol–water partition coefficient (Wildman–Crippen LogP) is 4.70. The highest BCUT2D eigenvalue weighted by atomic mass is 35.5. The van der Waals surface area contributed by atoms with Gasteiger partial charge in [-0.2, -0.15) is 0 Å². The Bertz CT molecular complexity index is 1170. The van der Waals surface area contributed by atoms with E-state index >= 15 is 0 Å². The van der Waals surface area contributed by atoms with E-state index < -0.39 is 11.9 Å². The molecular formula is C25H27Cl2N5O2S. The minimum atomic E-state index is -0.682. The number of rotatable bonds is 8. The molecule has 2 amide bonds. The summed E-state index contributed by atoms with van der Waals surface area (Å²) in [6.45, 7) is 6.06. The Labute approximate surface area is 219 Å². The van der Waals surface area contributed by atoms with E-state index in [9.17, 15) is 9.59 Å². The van der Waals surface area contributed by atoms with E-state index in [1.807, 2.05) is 35.2 Å². The van der Waals surface area contributed by atoms with Gasteiger partial charge in [-0.25, -0.2) is 4.98 Å². The van der Waals surface area contributed by atoms with Crippen molar-refractivity contribution in [3.63, 3.8) is 0 Å². The van der Waals surface area contributed by atoms with E-state index in [4.69, 9.17) is 23.2 Å². The maximum absolute atomic E-state index is 13.4. The molecule has 3 aromatic rings. The van der Waals surface area contributed by atoms with Gasteiger partial charge in [0.2, 0.25) is 5.91 Å². The van der Waals surface area contributed by atoms with E-state index in [0.717, 1.165) is 25.2 Å². The van der Waals surface area contributed by atoms with E-state index in [2.05, 4.69) is 27.4 Å². The summed E-state index contributed by atoms with van der Waals surface area (Å²) in [4.78, 5) is 35.1. The first-order chi connectivity index (χ1) is 16.9. The summed E-state index contributed by atoms with van der Waals surface area (Å²) in [5.74, 6) is -0.467. The molecule has 1 saturated heterocycles. The number of nitrogens with zero attached hydrogens (tertiary/aromatic N) is 3. The fourth-order valence-corrected chi connectivity index (χ4v) is 4.99. The second-order valence-electron chi connectivity index (χ2n) is 8.24. The monoisotopic (exact) mass is 531 g/mol. The van der Waals surface area contributed by atoms with E-state index in [1.54, 1.807) is 23.6 Å². The van der Waals surface area contributed by atoms with Crippen molar-refractivity contribution in [2.45, 2.75) is 19.4 Å². The second kappa shape index (κ2) is 11.9. The first-order valence-corrected chi connectivity index (χ1v) is 13.1. The number of thiazole rings is 1. The van der Waals surface area contributed by atoms with E-state index in [0.29, 0.717) is 40.4 Å². The number of hydrogen-bond acceptors (Lipinski definition) is 6. The van der Waals surface area contributed by atoms with Crippen molar-refractivity contribution in [3.8, 4) is 0 Å². The highest BCUT2D eigenvalue weighted by Gasteiger charge is 2.29. The molecule has 2 aromatic carbocycles. The summed E-state index contributed by atoms with van der Waals surface area (Å²) in [5, 5.41) is 8.98. The van der Waals surface area contributed by atoms with Crippen LogP contribution in [0.5, 0.6) is 0 Å². The lowest BCUT2D eigenvalue weighted by atomic mass is 10.0. The molecule has 0 aliphatic carbocycles. The Kier molecular flexibility index (Phi) is 8.62. The number of carbonyl (C=O) groups excluding carboxylic acids is 2. The number of hydrogen-bond donors (Lipinski definition) is 2. The van der Waals surface area contributed by atoms with Gasteiger partial charge in [0, 0.05) is 38.0 Å². The van der Waals surface area contributed by atoms with Gasteiger partial charge in [-0.3, -0.25) is 9.59 Å². The second-order valence-corrected chi connectivity index (χ2v) is 9.88. The van der Waals surface area contributed by atoms with Gasteiger partial charge < -0.3 is 20.4 Å². The highest BCUT2D eigenvalue weighted by Crippen LogP contribution is 2.32. The van der Waals surface area contributed by atoms with Crippen LogP contribution < -0.4 is 10.6 Å². The van der Waals surface area contributed by atoms with Gasteiger partial charge in [0.1, 0.15) is 11.7 Å². The molecular weight excluding hydrogens is 505 g/mol. The number of halogens is 2. The van der Waals surface area contributed by atoms with Crippen molar-refractivity contribution in [1.29, 1.82) is 0 Å². The van der Waals surface area contributed by atoms with Crippen molar-refractivity contribution in [1.82, 2.24) is 20.1 Å². The maximum Gasteiger partial charge on any atom is 0.271 e. The number of nitrogens with one attached hydrogen (secondary N) is 2. The quantitative estimate of drug-likeness (QED) is 0.440. The molecule has 35 heavy (non-hydrogen) atoms. The normalized spacial score (nSPS) is 15.0. The van der Waals surface area contributed by atoms with Gasteiger partial charge in [-0.1, -0.05) is 66.5 Å². The SMILES string of the molecule is CCN1CCN(C(=O)[C@H](Cc2ccccc2)NC(=O)c2csc(Nc3cccc(Cl)c3Cl)n2)CC1. The smallest absolute Gasteiger partial charge is 0.271 e. The molecule has 1 aromatic heterocycles. The van der Waals surface area contributed by atoms with Crippen LogP contribution >= 0.6 is 34.5 Å². The Morgan fingerprint density at radius 3 is 2.51 bits per heavy atom. The number of carbonyl (C=O) groups is 2. The molecule has 1 aliphatic heterocycles. The predicted molar refractivity (Wildman–Crippen MR) is 142 cm³/mol. The van der Waals surface area contributed by atoms with Gasteiger partial charge in [-0.15, -0.1) is 11.3 Å². The van der Waals surface area contributed by atoms with Crippen LogP contribution in [-0.2, 0) is 11.2 Å². The van der Waals surface area contributed by atoms with Crippen LogP contribution in [0.1, 0.15) is 23.0 Å². The number of aromatic nitrogens is 1. The van der Waals surface area contributed by atoms with E-state index in [-0.39, 0.29) is 11.6 Å². The topological polar surface area (TPSA) is 77.6 Å². The van der Waals surface area contributed by atoms with Crippen molar-refractivity contribution in [2.24, 2.45) is 0 Å². The van der Waals surface area contributed by atoms with Gasteiger partial charge in [0.05, 0.1) is 15.7 Å². The summed E-state index contributed by atoms with van der Waals surface area (Å²) < 4.78 is 0. The zero-order valence-electron chi connectivity index (χ0n) is 19.3. The van der Waals surface area contributed by atoms with Gasteiger partial charge in [0.15, 0.2) is 5.13 Å². The molecule has 0 unspecified atom stereocenters. The van der Waals surface area contributed by atoms with Gasteiger partial charge >= 0.3 is 0 Å². The third-order valence-electron chi connectivity index (χ3n) is 5.95. The maximum atomic E-state index is 13.4. The molecule has 1 aliphatic rings. The van der Waals surface area contributed by atoms with Gasteiger partial charge in [-0.05, 0) is 24.2 Å². The minimum absolute atomic E-state index is 0.0720. The van der Waals surface area contributed by atoms with Crippen LogP contribution in [0, 0.1) is 0 Å². The van der Waals surface area contributed by atoms with Crippen LogP contribution in [0.3, 0.4) is 0 Å². The van der Waals surface area contributed by atoms with Crippen molar-refractivity contribution in [3.05, 3.63) is 75.2 Å². The molecule has 0 saturated carbocycles. The molecule has 7 nitrogen and oxygen atoms in total. The summed E-state index contributed by atoms with van der Waals surface area (Å²) in [6, 6.07) is 14.3. The Hall–Kier alpha value is -2.65.